The number of anilines is 1. The van der Waals surface area contributed by atoms with Crippen molar-refractivity contribution in [3.05, 3.63) is 29.8 Å². The quantitative estimate of drug-likeness (QED) is 0.815. The summed E-state index contributed by atoms with van der Waals surface area (Å²) in [5.41, 5.74) is 5.99. The van der Waals surface area contributed by atoms with Gasteiger partial charge in [0.25, 0.3) is 0 Å². The summed E-state index contributed by atoms with van der Waals surface area (Å²) in [5.74, 6) is -1.20. The number of hydrogen-bond acceptors (Lipinski definition) is 4. The minimum atomic E-state index is -3.12. The van der Waals surface area contributed by atoms with Crippen molar-refractivity contribution in [1.82, 2.24) is 0 Å². The highest BCUT2D eigenvalue weighted by atomic mass is 35.5. The van der Waals surface area contributed by atoms with Gasteiger partial charge in [0, 0.05) is 11.3 Å². The van der Waals surface area contributed by atoms with Gasteiger partial charge in [-0.05, 0) is 30.7 Å². The van der Waals surface area contributed by atoms with E-state index >= 15 is 0 Å². The van der Waals surface area contributed by atoms with Crippen LogP contribution in [0, 0.1) is 0 Å². The summed E-state index contributed by atoms with van der Waals surface area (Å²) in [7, 11) is -3.12. The van der Waals surface area contributed by atoms with Gasteiger partial charge in [0.2, 0.25) is 11.8 Å². The normalized spacial score (nSPS) is 20.1. The zero-order chi connectivity index (χ0) is 15.6. The number of nitrogens with two attached hydrogens (primary N) is 1. The lowest BCUT2D eigenvalue weighted by atomic mass is 10.1. The molecule has 0 radical (unpaired) electrons. The lowest BCUT2D eigenvalue weighted by Crippen LogP contribution is -2.42. The lowest BCUT2D eigenvalue weighted by Gasteiger charge is -2.27. The number of amides is 2. The van der Waals surface area contributed by atoms with E-state index in [9.17, 15) is 18.0 Å². The van der Waals surface area contributed by atoms with Gasteiger partial charge in [-0.2, -0.15) is 0 Å². The molecule has 0 spiro atoms. The molecule has 1 aliphatic heterocycles. The van der Waals surface area contributed by atoms with E-state index in [4.69, 9.17) is 17.3 Å². The number of carbonyl (C=O) groups is 2. The van der Waals surface area contributed by atoms with Crippen molar-refractivity contribution in [2.24, 2.45) is 5.73 Å². The van der Waals surface area contributed by atoms with Crippen LogP contribution in [0.5, 0.6) is 0 Å². The largest absolute Gasteiger partial charge is 0.366 e. The molecule has 1 fully saturated rings. The number of rotatable bonds is 4. The number of sulfone groups is 1. The molecule has 1 aromatic carbocycles. The molecule has 0 saturated carbocycles. The zero-order valence-corrected chi connectivity index (χ0v) is 12.7. The fourth-order valence-corrected chi connectivity index (χ4v) is 4.22. The molecule has 2 N–H and O–H groups in total. The van der Waals surface area contributed by atoms with Crippen molar-refractivity contribution in [3.8, 4) is 0 Å². The molecule has 1 saturated heterocycles. The second-order valence-electron chi connectivity index (χ2n) is 4.87. The Labute approximate surface area is 127 Å². The standard InChI is InChI=1S/C13H15ClN2O4S/c14-7-12(17)16(11-5-6-21(19,20)8-11)10-3-1-9(2-4-10)13(15)18/h1-4,11H,5-8H2,(H2,15,18). The van der Waals surface area contributed by atoms with Gasteiger partial charge < -0.3 is 10.6 Å². The zero-order valence-electron chi connectivity index (χ0n) is 11.2. The van der Waals surface area contributed by atoms with E-state index in [2.05, 4.69) is 0 Å². The molecule has 1 heterocycles. The van der Waals surface area contributed by atoms with Crippen LogP contribution >= 0.6 is 11.6 Å². The van der Waals surface area contributed by atoms with Crippen molar-refractivity contribution in [1.29, 1.82) is 0 Å². The Bertz CT molecular complexity index is 657. The predicted octanol–water partition coefficient (Wildman–Crippen LogP) is 0.544. The van der Waals surface area contributed by atoms with Crippen molar-refractivity contribution in [3.63, 3.8) is 0 Å². The molecule has 0 bridgehead atoms. The van der Waals surface area contributed by atoms with Gasteiger partial charge in [-0.15, -0.1) is 11.6 Å². The predicted molar refractivity (Wildman–Crippen MR) is 80.2 cm³/mol. The number of primary amides is 1. The Hall–Kier alpha value is -1.60. The van der Waals surface area contributed by atoms with Gasteiger partial charge in [-0.25, -0.2) is 8.42 Å². The third-order valence-corrected chi connectivity index (χ3v) is 5.37. The second kappa shape index (κ2) is 6.03. The molecule has 1 aliphatic rings. The summed E-state index contributed by atoms with van der Waals surface area (Å²) in [6, 6.07) is 5.69. The van der Waals surface area contributed by atoms with Gasteiger partial charge >= 0.3 is 0 Å². The number of nitrogens with zero attached hydrogens (tertiary/aromatic N) is 1. The SMILES string of the molecule is NC(=O)c1ccc(N(C(=O)CCl)C2CCS(=O)(=O)C2)cc1. The van der Waals surface area contributed by atoms with E-state index in [0.717, 1.165) is 0 Å². The fourth-order valence-electron chi connectivity index (χ4n) is 2.39. The summed E-state index contributed by atoms with van der Waals surface area (Å²) >= 11 is 5.61. The molecule has 1 atom stereocenters. The molecule has 6 nitrogen and oxygen atoms in total. The van der Waals surface area contributed by atoms with E-state index in [0.29, 0.717) is 17.7 Å². The highest BCUT2D eigenvalue weighted by molar-refractivity contribution is 7.91. The molecule has 0 aliphatic carbocycles. The third-order valence-electron chi connectivity index (χ3n) is 3.39. The molecular formula is C13H15ClN2O4S. The fraction of sp³-hybridized carbons (Fsp3) is 0.385. The summed E-state index contributed by atoms with van der Waals surface area (Å²) < 4.78 is 23.2. The maximum absolute atomic E-state index is 12.0. The average molecular weight is 331 g/mol. The summed E-state index contributed by atoms with van der Waals surface area (Å²) in [6.07, 6.45) is 0.378. The van der Waals surface area contributed by atoms with Gasteiger partial charge in [0.1, 0.15) is 5.88 Å². The van der Waals surface area contributed by atoms with Crippen LogP contribution in [0.1, 0.15) is 16.8 Å². The molecule has 1 aromatic rings. The Morgan fingerprint density at radius 3 is 2.33 bits per heavy atom. The molecule has 2 amide bonds. The molecule has 0 aromatic heterocycles. The van der Waals surface area contributed by atoms with Crippen LogP contribution in [-0.2, 0) is 14.6 Å². The molecule has 8 heteroatoms. The first kappa shape index (κ1) is 15.8. The molecule has 21 heavy (non-hydrogen) atoms. The number of alkyl halides is 1. The average Bonchev–Trinajstić information content (AvgIpc) is 2.79. The summed E-state index contributed by atoms with van der Waals surface area (Å²) in [4.78, 5) is 24.5. The van der Waals surface area contributed by atoms with Crippen molar-refractivity contribution >= 4 is 38.9 Å². The van der Waals surface area contributed by atoms with Gasteiger partial charge in [0.05, 0.1) is 17.5 Å². The van der Waals surface area contributed by atoms with E-state index in [-0.39, 0.29) is 23.3 Å². The summed E-state index contributed by atoms with van der Waals surface area (Å²) in [5, 5.41) is 0. The van der Waals surface area contributed by atoms with Gasteiger partial charge in [0.15, 0.2) is 9.84 Å². The number of hydrogen-bond donors (Lipinski definition) is 1. The van der Waals surface area contributed by atoms with Crippen LogP contribution in [-0.4, -0.2) is 43.7 Å². The monoisotopic (exact) mass is 330 g/mol. The maximum Gasteiger partial charge on any atom is 0.248 e. The first-order chi connectivity index (χ1) is 9.84. The molecule has 2 rings (SSSR count). The molecular weight excluding hydrogens is 316 g/mol. The lowest BCUT2D eigenvalue weighted by molar-refractivity contribution is -0.116. The Kier molecular flexibility index (Phi) is 4.53. The third kappa shape index (κ3) is 3.54. The van der Waals surface area contributed by atoms with E-state index < -0.39 is 21.8 Å². The van der Waals surface area contributed by atoms with Crippen LogP contribution in [0.15, 0.2) is 24.3 Å². The highest BCUT2D eigenvalue weighted by Gasteiger charge is 2.35. The van der Waals surface area contributed by atoms with Crippen molar-refractivity contribution < 1.29 is 18.0 Å². The number of carbonyl (C=O) groups excluding carboxylic acids is 2. The number of halogens is 1. The van der Waals surface area contributed by atoms with E-state index in [1.165, 1.54) is 17.0 Å². The maximum atomic E-state index is 12.0. The van der Waals surface area contributed by atoms with E-state index in [1.807, 2.05) is 0 Å². The highest BCUT2D eigenvalue weighted by Crippen LogP contribution is 2.25. The van der Waals surface area contributed by atoms with Crippen LogP contribution in [0.2, 0.25) is 0 Å². The van der Waals surface area contributed by atoms with Crippen LogP contribution < -0.4 is 10.6 Å². The molecule has 1 unspecified atom stereocenters. The smallest absolute Gasteiger partial charge is 0.248 e. The Balaban J connectivity index is 2.32. The Morgan fingerprint density at radius 1 is 1.29 bits per heavy atom. The second-order valence-corrected chi connectivity index (χ2v) is 7.36. The van der Waals surface area contributed by atoms with Crippen molar-refractivity contribution in [2.75, 3.05) is 22.3 Å². The van der Waals surface area contributed by atoms with Gasteiger partial charge in [-0.1, -0.05) is 0 Å². The van der Waals surface area contributed by atoms with E-state index in [1.54, 1.807) is 12.1 Å². The first-order valence-electron chi connectivity index (χ1n) is 6.32. The minimum absolute atomic E-state index is 0.0586. The van der Waals surface area contributed by atoms with Crippen LogP contribution in [0.25, 0.3) is 0 Å². The summed E-state index contributed by atoms with van der Waals surface area (Å²) in [6.45, 7) is 0. The minimum Gasteiger partial charge on any atom is -0.366 e. The van der Waals surface area contributed by atoms with Crippen LogP contribution in [0.3, 0.4) is 0 Å². The Morgan fingerprint density at radius 2 is 1.90 bits per heavy atom. The van der Waals surface area contributed by atoms with Crippen molar-refractivity contribution in [2.45, 2.75) is 12.5 Å². The van der Waals surface area contributed by atoms with Crippen LogP contribution in [0.4, 0.5) is 5.69 Å². The number of benzene rings is 1. The first-order valence-corrected chi connectivity index (χ1v) is 8.68. The van der Waals surface area contributed by atoms with Gasteiger partial charge in [-0.3, -0.25) is 9.59 Å². The molecule has 114 valence electrons. The topological polar surface area (TPSA) is 97.5 Å².